The van der Waals surface area contributed by atoms with Crippen LogP contribution in [-0.4, -0.2) is 58.8 Å². The molecule has 0 aromatic heterocycles. The maximum atomic E-state index is 16.6. The van der Waals surface area contributed by atoms with Gasteiger partial charge < -0.3 is 0 Å². The van der Waals surface area contributed by atoms with Crippen molar-refractivity contribution in [2.24, 2.45) is 0 Å². The van der Waals surface area contributed by atoms with Crippen molar-refractivity contribution in [1.82, 2.24) is 4.67 Å². The van der Waals surface area contributed by atoms with Crippen molar-refractivity contribution in [3.63, 3.8) is 0 Å². The molecule has 1 saturated heterocycles. The van der Waals surface area contributed by atoms with E-state index in [9.17, 15) is 52.7 Å². The molecule has 1 aliphatic heterocycles. The van der Waals surface area contributed by atoms with Crippen molar-refractivity contribution in [1.29, 1.82) is 0 Å². The van der Waals surface area contributed by atoms with E-state index in [2.05, 4.69) is 9.05 Å². The average molecular weight is 511 g/mol. The number of hydrogen-bond acceptors (Lipinski definition) is 3. The zero-order chi connectivity index (χ0) is 25.4. The second kappa shape index (κ2) is 6.95. The van der Waals surface area contributed by atoms with E-state index >= 15 is 4.20 Å². The molecule has 3 nitrogen and oxygen atoms in total. The standard InChI is InChI=1S/C14H19F13NO2P/c1-6-28(7-2)31(27,8(3,4)5)29-9(11(15,16)17,12(18,19)20)10(30-31,13(21,22)23)14(24,25)26/h6-7H2,1-5H3. The fourth-order valence-corrected chi connectivity index (χ4v) is 7.71. The zero-order valence-corrected chi connectivity index (χ0v) is 17.4. The first kappa shape index (κ1) is 28.4. The quantitative estimate of drug-likeness (QED) is 0.299. The molecule has 0 aromatic rings. The predicted molar refractivity (Wildman–Crippen MR) is 82.6 cm³/mol. The molecule has 17 heteroatoms. The van der Waals surface area contributed by atoms with E-state index in [0.29, 0.717) is 20.8 Å². The second-order valence-corrected chi connectivity index (χ2v) is 11.6. The Labute approximate surface area is 168 Å². The summed E-state index contributed by atoms with van der Waals surface area (Å²) < 4.78 is 189. The van der Waals surface area contributed by atoms with Crippen LogP contribution < -0.4 is 0 Å². The third-order valence-electron chi connectivity index (χ3n) is 4.99. The number of alkyl halides is 12. The Kier molecular flexibility index (Phi) is 6.38. The number of halogens is 13. The van der Waals surface area contributed by atoms with Gasteiger partial charge in [-0.1, -0.05) is 0 Å². The van der Waals surface area contributed by atoms with Gasteiger partial charge in [0, 0.05) is 0 Å². The molecule has 0 radical (unpaired) electrons. The second-order valence-electron chi connectivity index (χ2n) is 7.66. The molecule has 188 valence electrons. The Morgan fingerprint density at radius 3 is 0.968 bits per heavy atom. The summed E-state index contributed by atoms with van der Waals surface area (Å²) in [6.45, 7) is 1.38. The van der Waals surface area contributed by atoms with Crippen LogP contribution in [0, 0.1) is 0 Å². The third kappa shape index (κ3) is 3.25. The summed E-state index contributed by atoms with van der Waals surface area (Å²) in [5.74, 6) is 0. The van der Waals surface area contributed by atoms with Gasteiger partial charge in [0.1, 0.15) is 0 Å². The normalized spacial score (nSPS) is 25.3. The summed E-state index contributed by atoms with van der Waals surface area (Å²) in [7, 11) is -7.74. The van der Waals surface area contributed by atoms with E-state index in [1.54, 1.807) is 0 Å². The molecule has 1 rings (SSSR count). The molecule has 0 bridgehead atoms. The SMILES string of the molecule is CCN(CC)P1(F)(C(C)(C)C)OC(C(F)(F)F)(C(F)(F)F)C(C(F)(F)F)(C(F)(F)F)O1. The van der Waals surface area contributed by atoms with E-state index in [1.807, 2.05) is 0 Å². The van der Waals surface area contributed by atoms with Crippen molar-refractivity contribution in [3.05, 3.63) is 0 Å². The first-order valence-corrected chi connectivity index (χ1v) is 10.3. The van der Waals surface area contributed by atoms with Crippen molar-refractivity contribution in [2.75, 3.05) is 13.1 Å². The summed E-state index contributed by atoms with van der Waals surface area (Å²) in [5, 5.41) is -2.84. The van der Waals surface area contributed by atoms with Crippen molar-refractivity contribution < 1.29 is 65.9 Å². The molecule has 0 unspecified atom stereocenters. The Hall–Kier alpha value is -0.600. The Balaban J connectivity index is 4.52. The van der Waals surface area contributed by atoms with Gasteiger partial charge in [-0.3, -0.25) is 0 Å². The number of rotatable bonds is 3. The van der Waals surface area contributed by atoms with E-state index in [1.165, 1.54) is 0 Å². The first-order chi connectivity index (χ1) is 13.2. The topological polar surface area (TPSA) is 21.7 Å². The van der Waals surface area contributed by atoms with Crippen LogP contribution in [0.2, 0.25) is 0 Å². The van der Waals surface area contributed by atoms with Gasteiger partial charge in [0.05, 0.1) is 0 Å². The summed E-state index contributed by atoms with van der Waals surface area (Å²) >= 11 is 0. The van der Waals surface area contributed by atoms with Gasteiger partial charge in [0.15, 0.2) is 0 Å². The minimum atomic E-state index is -7.74. The van der Waals surface area contributed by atoms with Crippen molar-refractivity contribution in [3.8, 4) is 0 Å². The van der Waals surface area contributed by atoms with Crippen LogP contribution in [0.4, 0.5) is 56.9 Å². The van der Waals surface area contributed by atoms with Gasteiger partial charge in [-0.2, -0.15) is 0 Å². The summed E-state index contributed by atoms with van der Waals surface area (Å²) in [6.07, 6.45) is -29.8. The molecule has 0 atom stereocenters. The van der Waals surface area contributed by atoms with Crippen LogP contribution in [0.1, 0.15) is 34.6 Å². The number of nitrogens with zero attached hydrogens (tertiary/aromatic N) is 1. The molecule has 1 heterocycles. The third-order valence-corrected chi connectivity index (χ3v) is 9.90. The van der Waals surface area contributed by atoms with Gasteiger partial charge in [0.2, 0.25) is 0 Å². The van der Waals surface area contributed by atoms with E-state index in [0.717, 1.165) is 13.8 Å². The van der Waals surface area contributed by atoms with Crippen molar-refractivity contribution >= 4 is 7.52 Å². The van der Waals surface area contributed by atoms with Gasteiger partial charge in [-0.05, 0) is 0 Å². The zero-order valence-electron chi connectivity index (χ0n) is 16.5. The van der Waals surface area contributed by atoms with E-state index in [-0.39, 0.29) is 4.67 Å². The van der Waals surface area contributed by atoms with E-state index in [4.69, 9.17) is 0 Å². The molecular formula is C14H19F13NO2P. The predicted octanol–water partition coefficient (Wildman–Crippen LogP) is 7.08. The molecule has 1 fully saturated rings. The molecular weight excluding hydrogens is 492 g/mol. The van der Waals surface area contributed by atoms with Crippen molar-refractivity contribution in [2.45, 2.75) is 75.7 Å². The van der Waals surface area contributed by atoms with Crippen LogP contribution in [0.3, 0.4) is 0 Å². The van der Waals surface area contributed by atoms with Gasteiger partial charge >= 0.3 is 167 Å². The molecule has 0 aliphatic carbocycles. The molecule has 0 aromatic carbocycles. The molecule has 0 amide bonds. The molecule has 31 heavy (non-hydrogen) atoms. The molecule has 1 aliphatic rings. The van der Waals surface area contributed by atoms with Crippen LogP contribution in [-0.2, 0) is 9.05 Å². The Bertz CT molecular complexity index is 617. The van der Waals surface area contributed by atoms with Crippen LogP contribution in [0.15, 0.2) is 0 Å². The minimum absolute atomic E-state index is 0.114. The van der Waals surface area contributed by atoms with Crippen LogP contribution >= 0.6 is 7.52 Å². The first-order valence-electron chi connectivity index (χ1n) is 8.43. The molecule has 0 saturated carbocycles. The maximum absolute atomic E-state index is 16.6. The Morgan fingerprint density at radius 2 is 0.839 bits per heavy atom. The van der Waals surface area contributed by atoms with Gasteiger partial charge in [0.25, 0.3) is 0 Å². The fourth-order valence-electron chi connectivity index (χ4n) is 3.47. The summed E-state index contributed by atoms with van der Waals surface area (Å²) in [4.78, 5) is 0. The van der Waals surface area contributed by atoms with Gasteiger partial charge in [-0.25, -0.2) is 0 Å². The molecule has 0 N–H and O–H groups in total. The van der Waals surface area contributed by atoms with E-state index < -0.39 is 61.7 Å². The van der Waals surface area contributed by atoms with Gasteiger partial charge in [-0.15, -0.1) is 0 Å². The summed E-state index contributed by atoms with van der Waals surface area (Å²) in [5.41, 5.74) is -14.3. The van der Waals surface area contributed by atoms with Crippen LogP contribution in [0.5, 0.6) is 0 Å². The fraction of sp³-hybridized carbons (Fsp3) is 1.00. The number of hydrogen-bond donors (Lipinski definition) is 0. The Morgan fingerprint density at radius 1 is 0.613 bits per heavy atom. The monoisotopic (exact) mass is 511 g/mol. The summed E-state index contributed by atoms with van der Waals surface area (Å²) in [6, 6.07) is 0. The van der Waals surface area contributed by atoms with Crippen LogP contribution in [0.25, 0.3) is 0 Å². The average Bonchev–Trinajstić information content (AvgIpc) is 2.78. The molecule has 0 spiro atoms.